The molecule has 0 amide bonds. The molecule has 13 heteroatoms. The highest BCUT2D eigenvalue weighted by Crippen LogP contribution is 2.38. The smallest absolute Gasteiger partial charge is 0.363 e. The number of nitrogens with zero attached hydrogens (tertiary/aromatic N) is 3. The Bertz CT molecular complexity index is 1510. The number of esters is 1. The maximum atomic E-state index is 12.5. The van der Waals surface area contributed by atoms with Crippen LogP contribution in [0.5, 0.6) is 11.5 Å². The first-order valence-electron chi connectivity index (χ1n) is 11.0. The minimum absolute atomic E-state index is 0.0205. The number of carbonyl (C=O) groups excluding carboxylic acids is 1. The van der Waals surface area contributed by atoms with E-state index in [-0.39, 0.29) is 40.2 Å². The van der Waals surface area contributed by atoms with Crippen molar-refractivity contribution < 1.29 is 28.9 Å². The number of nitro benzene ring substituents is 2. The predicted molar refractivity (Wildman–Crippen MR) is 141 cm³/mol. The van der Waals surface area contributed by atoms with Gasteiger partial charge in [-0.2, -0.15) is 0 Å². The summed E-state index contributed by atoms with van der Waals surface area (Å²) in [4.78, 5) is 37.6. The Kier molecular flexibility index (Phi) is 8.03. The van der Waals surface area contributed by atoms with E-state index < -0.39 is 15.8 Å². The summed E-state index contributed by atoms with van der Waals surface area (Å²) in [6.45, 7) is 2.26. The van der Waals surface area contributed by atoms with Gasteiger partial charge in [0, 0.05) is 23.8 Å². The van der Waals surface area contributed by atoms with Gasteiger partial charge in [0.1, 0.15) is 11.6 Å². The van der Waals surface area contributed by atoms with Gasteiger partial charge in [-0.1, -0.05) is 11.6 Å². The molecule has 1 aliphatic heterocycles. The first-order chi connectivity index (χ1) is 18.2. The van der Waals surface area contributed by atoms with Crippen molar-refractivity contribution in [2.24, 2.45) is 4.99 Å². The molecular formula is C25H17BrClN3O8. The van der Waals surface area contributed by atoms with Crippen molar-refractivity contribution in [2.45, 2.75) is 13.5 Å². The number of cyclic esters (lactones) is 1. The number of benzene rings is 3. The summed E-state index contributed by atoms with van der Waals surface area (Å²) in [6, 6.07) is 13.3. The van der Waals surface area contributed by atoms with Gasteiger partial charge in [-0.25, -0.2) is 9.79 Å². The van der Waals surface area contributed by atoms with Crippen LogP contribution in [0.25, 0.3) is 6.08 Å². The second kappa shape index (κ2) is 11.4. The Morgan fingerprint density at radius 1 is 1.05 bits per heavy atom. The van der Waals surface area contributed by atoms with E-state index in [0.29, 0.717) is 33.7 Å². The molecular weight excluding hydrogens is 586 g/mol. The molecule has 0 bridgehead atoms. The molecule has 3 aromatic carbocycles. The van der Waals surface area contributed by atoms with Crippen LogP contribution in [-0.4, -0.2) is 28.3 Å². The summed E-state index contributed by atoms with van der Waals surface area (Å²) in [5.41, 5.74) is 1.11. The molecule has 0 fully saturated rings. The molecule has 0 aromatic heterocycles. The molecule has 0 saturated heterocycles. The number of rotatable bonds is 9. The van der Waals surface area contributed by atoms with E-state index >= 15 is 0 Å². The Morgan fingerprint density at radius 3 is 2.45 bits per heavy atom. The third kappa shape index (κ3) is 5.98. The van der Waals surface area contributed by atoms with Gasteiger partial charge in [0.05, 0.1) is 20.9 Å². The fraction of sp³-hybridized carbons (Fsp3) is 0.120. The standard InChI is InChI=1S/C25H17BrClN3O8/c1-2-36-22-11-15(9-18(26)23(22)37-13-14-3-6-17(7-4-14)29(32)33)10-20-25(31)38-24(28-20)16-5-8-19(27)21(12-16)30(34)35/h3-12H,2,13H2,1H3/b20-10-. The Balaban J connectivity index is 1.60. The molecule has 0 unspecified atom stereocenters. The van der Waals surface area contributed by atoms with Crippen LogP contribution in [0.4, 0.5) is 11.4 Å². The van der Waals surface area contributed by atoms with Crippen molar-refractivity contribution in [1.29, 1.82) is 0 Å². The van der Waals surface area contributed by atoms with Crippen molar-refractivity contribution in [1.82, 2.24) is 0 Å². The van der Waals surface area contributed by atoms with Gasteiger partial charge in [0.15, 0.2) is 17.2 Å². The monoisotopic (exact) mass is 601 g/mol. The average Bonchev–Trinajstić information content (AvgIpc) is 3.24. The lowest BCUT2D eigenvalue weighted by molar-refractivity contribution is -0.385. The first kappa shape index (κ1) is 26.8. The van der Waals surface area contributed by atoms with Crippen molar-refractivity contribution in [3.05, 3.63) is 107 Å². The largest absolute Gasteiger partial charge is 0.490 e. The molecule has 0 radical (unpaired) electrons. The van der Waals surface area contributed by atoms with Gasteiger partial charge in [-0.15, -0.1) is 0 Å². The number of aliphatic imine (C=N–C) groups is 1. The summed E-state index contributed by atoms with van der Waals surface area (Å²) in [7, 11) is 0. The number of nitro groups is 2. The summed E-state index contributed by atoms with van der Waals surface area (Å²) in [5, 5.41) is 22.0. The van der Waals surface area contributed by atoms with Crippen molar-refractivity contribution in [3.63, 3.8) is 0 Å². The fourth-order valence-electron chi connectivity index (χ4n) is 3.42. The lowest BCUT2D eigenvalue weighted by Gasteiger charge is -2.15. The summed E-state index contributed by atoms with van der Waals surface area (Å²) < 4.78 is 17.4. The van der Waals surface area contributed by atoms with Crippen LogP contribution in [0.15, 0.2) is 69.8 Å². The molecule has 38 heavy (non-hydrogen) atoms. The van der Waals surface area contributed by atoms with E-state index in [2.05, 4.69) is 20.9 Å². The average molecular weight is 603 g/mol. The van der Waals surface area contributed by atoms with Crippen molar-refractivity contribution in [2.75, 3.05) is 6.61 Å². The Hall–Kier alpha value is -4.29. The molecule has 0 N–H and O–H groups in total. The van der Waals surface area contributed by atoms with Crippen LogP contribution in [0, 0.1) is 20.2 Å². The molecule has 3 aromatic rings. The molecule has 0 aliphatic carbocycles. The van der Waals surface area contributed by atoms with Crippen LogP contribution in [0.1, 0.15) is 23.6 Å². The van der Waals surface area contributed by atoms with Crippen LogP contribution in [0.3, 0.4) is 0 Å². The quantitative estimate of drug-likeness (QED) is 0.121. The lowest BCUT2D eigenvalue weighted by Crippen LogP contribution is -2.06. The topological polar surface area (TPSA) is 143 Å². The van der Waals surface area contributed by atoms with E-state index in [9.17, 15) is 25.0 Å². The Labute approximate surface area is 228 Å². The van der Waals surface area contributed by atoms with E-state index in [1.165, 1.54) is 36.4 Å². The highest BCUT2D eigenvalue weighted by Gasteiger charge is 2.26. The number of carbonyl (C=O) groups is 1. The SMILES string of the molecule is CCOc1cc(/C=C2\N=C(c3ccc(Cl)c([N+](=O)[O-])c3)OC2=O)cc(Br)c1OCc1ccc([N+](=O)[O-])cc1. The molecule has 194 valence electrons. The van der Waals surface area contributed by atoms with Gasteiger partial charge in [0.2, 0.25) is 5.90 Å². The van der Waals surface area contributed by atoms with Gasteiger partial charge in [-0.3, -0.25) is 20.2 Å². The van der Waals surface area contributed by atoms with Crippen molar-refractivity contribution in [3.8, 4) is 11.5 Å². The van der Waals surface area contributed by atoms with E-state index in [4.69, 9.17) is 25.8 Å². The number of halogens is 2. The highest BCUT2D eigenvalue weighted by molar-refractivity contribution is 9.10. The van der Waals surface area contributed by atoms with Crippen molar-refractivity contribution >= 4 is 56.8 Å². The van der Waals surface area contributed by atoms with E-state index in [0.717, 1.165) is 0 Å². The summed E-state index contributed by atoms with van der Waals surface area (Å²) in [6.07, 6.45) is 1.48. The summed E-state index contributed by atoms with van der Waals surface area (Å²) >= 11 is 9.32. The summed E-state index contributed by atoms with van der Waals surface area (Å²) in [5.74, 6) is -0.0307. The zero-order chi connectivity index (χ0) is 27.4. The number of hydrogen-bond acceptors (Lipinski definition) is 9. The molecule has 1 aliphatic rings. The zero-order valence-corrected chi connectivity index (χ0v) is 21.9. The number of non-ortho nitro benzene ring substituents is 1. The maximum absolute atomic E-state index is 12.5. The third-order valence-corrected chi connectivity index (χ3v) is 6.08. The third-order valence-electron chi connectivity index (χ3n) is 5.18. The molecule has 4 rings (SSSR count). The zero-order valence-electron chi connectivity index (χ0n) is 19.6. The van der Waals surface area contributed by atoms with Crippen LogP contribution in [-0.2, 0) is 16.1 Å². The van der Waals surface area contributed by atoms with Crippen LogP contribution < -0.4 is 9.47 Å². The molecule has 1 heterocycles. The molecule has 0 spiro atoms. The van der Waals surface area contributed by atoms with E-state index in [1.807, 2.05) is 0 Å². The van der Waals surface area contributed by atoms with Crippen LogP contribution in [0.2, 0.25) is 5.02 Å². The minimum Gasteiger partial charge on any atom is -0.490 e. The second-order valence-electron chi connectivity index (χ2n) is 7.73. The highest BCUT2D eigenvalue weighted by atomic mass is 79.9. The van der Waals surface area contributed by atoms with Gasteiger partial charge < -0.3 is 14.2 Å². The van der Waals surface area contributed by atoms with Gasteiger partial charge in [-0.05, 0) is 76.5 Å². The molecule has 11 nitrogen and oxygen atoms in total. The Morgan fingerprint density at radius 2 is 1.79 bits per heavy atom. The normalized spacial score (nSPS) is 13.7. The minimum atomic E-state index is -0.731. The van der Waals surface area contributed by atoms with Crippen LogP contribution >= 0.6 is 27.5 Å². The second-order valence-corrected chi connectivity index (χ2v) is 9.00. The first-order valence-corrected chi connectivity index (χ1v) is 12.1. The van der Waals surface area contributed by atoms with Gasteiger partial charge in [0.25, 0.3) is 11.4 Å². The fourth-order valence-corrected chi connectivity index (χ4v) is 4.18. The van der Waals surface area contributed by atoms with E-state index in [1.54, 1.807) is 31.2 Å². The molecule has 0 saturated carbocycles. The number of hydrogen-bond donors (Lipinski definition) is 0. The van der Waals surface area contributed by atoms with Gasteiger partial charge >= 0.3 is 5.97 Å². The maximum Gasteiger partial charge on any atom is 0.363 e. The number of ether oxygens (including phenoxy) is 3. The molecule has 0 atom stereocenters. The lowest BCUT2D eigenvalue weighted by atomic mass is 10.1. The predicted octanol–water partition coefficient (Wildman–Crippen LogP) is 6.24.